The van der Waals surface area contributed by atoms with Crippen LogP contribution in [0.25, 0.3) is 5.57 Å². The molecule has 1 aromatic heterocycles. The monoisotopic (exact) mass is 478 g/mol. The number of carboxylic acid groups (broad SMARTS) is 1. The normalized spacial score (nSPS) is 16.9. The first-order valence-electron chi connectivity index (χ1n) is 12.1. The molecule has 0 radical (unpaired) electrons. The van der Waals surface area contributed by atoms with Crippen LogP contribution < -0.4 is 5.32 Å². The van der Waals surface area contributed by atoms with Crippen LogP contribution in [0.1, 0.15) is 80.4 Å². The van der Waals surface area contributed by atoms with Gasteiger partial charge in [-0.05, 0) is 75.4 Å². The second kappa shape index (κ2) is 10.4. The summed E-state index contributed by atoms with van der Waals surface area (Å²) in [7, 11) is 0. The van der Waals surface area contributed by atoms with Crippen LogP contribution in [0.5, 0.6) is 0 Å². The van der Waals surface area contributed by atoms with Crippen molar-refractivity contribution >= 4 is 23.1 Å². The van der Waals surface area contributed by atoms with E-state index < -0.39 is 11.9 Å². The van der Waals surface area contributed by atoms with Crippen LogP contribution in [0.15, 0.2) is 59.8 Å². The van der Waals surface area contributed by atoms with Crippen molar-refractivity contribution in [3.05, 3.63) is 76.6 Å². The number of pyridine rings is 1. The molecule has 0 spiro atoms. The second-order valence-corrected chi connectivity index (χ2v) is 9.63. The Hall–Kier alpha value is -3.48. The number of hydrogen-bond acceptors (Lipinski definition) is 4. The summed E-state index contributed by atoms with van der Waals surface area (Å²) in [6.07, 6.45) is 5.70. The second-order valence-electron chi connectivity index (χ2n) is 9.63. The van der Waals surface area contributed by atoms with E-state index in [0.29, 0.717) is 59.0 Å². The van der Waals surface area contributed by atoms with Crippen molar-refractivity contribution in [3.63, 3.8) is 0 Å². The summed E-state index contributed by atoms with van der Waals surface area (Å²) in [6.45, 7) is 5.64. The molecule has 1 amide bonds. The maximum atomic E-state index is 15.1. The lowest BCUT2D eigenvalue weighted by Gasteiger charge is -2.23. The molecule has 35 heavy (non-hydrogen) atoms. The van der Waals surface area contributed by atoms with Gasteiger partial charge in [-0.15, -0.1) is 0 Å². The molecular formula is C28H31FN2O4. The minimum atomic E-state index is -1.02. The fourth-order valence-electron chi connectivity index (χ4n) is 4.30. The zero-order valence-corrected chi connectivity index (χ0v) is 20.3. The number of ether oxygens (including phenoxy) is 1. The van der Waals surface area contributed by atoms with Crippen molar-refractivity contribution < 1.29 is 23.8 Å². The highest BCUT2D eigenvalue weighted by atomic mass is 19.1. The molecule has 1 saturated carbocycles. The molecule has 1 atom stereocenters. The maximum Gasteiger partial charge on any atom is 0.335 e. The highest BCUT2D eigenvalue weighted by Crippen LogP contribution is 2.41. The minimum absolute atomic E-state index is 0.0605. The number of hydrogen-bond donors (Lipinski definition) is 2. The lowest BCUT2D eigenvalue weighted by atomic mass is 9.91. The summed E-state index contributed by atoms with van der Waals surface area (Å²) >= 11 is 0. The molecule has 4 rings (SSSR count). The van der Waals surface area contributed by atoms with Crippen molar-refractivity contribution in [2.75, 3.05) is 5.32 Å². The van der Waals surface area contributed by atoms with Crippen LogP contribution in [0.4, 0.5) is 10.1 Å². The number of carboxylic acids is 1. The summed E-state index contributed by atoms with van der Waals surface area (Å²) in [5.41, 5.74) is 3.09. The Morgan fingerprint density at radius 2 is 1.86 bits per heavy atom. The fourth-order valence-corrected chi connectivity index (χ4v) is 4.30. The van der Waals surface area contributed by atoms with E-state index >= 15 is 4.39 Å². The number of carbonyl (C=O) groups is 2. The van der Waals surface area contributed by atoms with Gasteiger partial charge in [-0.25, -0.2) is 9.18 Å². The molecule has 184 valence electrons. The van der Waals surface area contributed by atoms with Crippen molar-refractivity contribution in [1.82, 2.24) is 4.98 Å². The summed E-state index contributed by atoms with van der Waals surface area (Å²) < 4.78 is 21.0. The van der Waals surface area contributed by atoms with E-state index in [9.17, 15) is 9.59 Å². The molecule has 0 aliphatic heterocycles. The van der Waals surface area contributed by atoms with E-state index in [1.807, 2.05) is 19.9 Å². The first kappa shape index (κ1) is 24.6. The standard InChI is InChI=1S/C28H31FN2O4/c1-16(2)35-24-13-4-17(3)26(29)25(24)20-9-12-23(30-15-20)22(14-18-5-6-18)27(32)31-21-10-7-19(8-11-21)28(33)34/h7-12,15-16,18,22H,4-6,13-14H2,1-3H3,(H,31,32)(H,33,34). The smallest absolute Gasteiger partial charge is 0.335 e. The number of allylic oxidation sites excluding steroid dienone is 4. The first-order chi connectivity index (χ1) is 16.7. The van der Waals surface area contributed by atoms with Crippen molar-refractivity contribution in [2.24, 2.45) is 5.92 Å². The first-order valence-corrected chi connectivity index (χ1v) is 12.1. The molecular weight excluding hydrogens is 447 g/mol. The van der Waals surface area contributed by atoms with Gasteiger partial charge in [0.15, 0.2) is 0 Å². The number of aromatic carboxylic acids is 1. The van der Waals surface area contributed by atoms with Crippen molar-refractivity contribution in [2.45, 2.75) is 64.9 Å². The van der Waals surface area contributed by atoms with E-state index in [0.717, 1.165) is 12.8 Å². The van der Waals surface area contributed by atoms with Crippen LogP contribution in [0.2, 0.25) is 0 Å². The zero-order valence-electron chi connectivity index (χ0n) is 20.3. The van der Waals surface area contributed by atoms with Crippen LogP contribution in [0.3, 0.4) is 0 Å². The average Bonchev–Trinajstić information content (AvgIpc) is 3.65. The van der Waals surface area contributed by atoms with Crippen LogP contribution in [0, 0.1) is 5.92 Å². The molecule has 1 heterocycles. The van der Waals surface area contributed by atoms with E-state index in [4.69, 9.17) is 9.84 Å². The number of rotatable bonds is 9. The lowest BCUT2D eigenvalue weighted by molar-refractivity contribution is -0.117. The number of nitrogens with zero attached hydrogens (tertiary/aromatic N) is 1. The van der Waals surface area contributed by atoms with Gasteiger partial charge in [-0.2, -0.15) is 0 Å². The Balaban J connectivity index is 1.58. The van der Waals surface area contributed by atoms with Crippen molar-refractivity contribution in [3.8, 4) is 0 Å². The number of carbonyl (C=O) groups excluding carboxylic acids is 1. The van der Waals surface area contributed by atoms with E-state index in [1.165, 1.54) is 12.1 Å². The average molecular weight is 479 g/mol. The molecule has 2 aliphatic carbocycles. The minimum Gasteiger partial charge on any atom is -0.495 e. The molecule has 0 saturated heterocycles. The molecule has 2 N–H and O–H groups in total. The predicted molar refractivity (Wildman–Crippen MR) is 133 cm³/mol. The van der Waals surface area contributed by atoms with E-state index in [-0.39, 0.29) is 23.4 Å². The van der Waals surface area contributed by atoms with Gasteiger partial charge in [-0.3, -0.25) is 9.78 Å². The number of benzene rings is 1. The molecule has 2 aliphatic rings. The molecule has 1 aromatic carbocycles. The number of amides is 1. The fraction of sp³-hybridized carbons (Fsp3) is 0.393. The van der Waals surface area contributed by atoms with Gasteiger partial charge in [-0.1, -0.05) is 18.9 Å². The molecule has 7 heteroatoms. The lowest BCUT2D eigenvalue weighted by Crippen LogP contribution is -2.22. The van der Waals surface area contributed by atoms with Crippen molar-refractivity contribution in [1.29, 1.82) is 0 Å². The molecule has 2 aromatic rings. The summed E-state index contributed by atoms with van der Waals surface area (Å²) in [6, 6.07) is 9.69. The van der Waals surface area contributed by atoms with Crippen LogP contribution >= 0.6 is 0 Å². The highest BCUT2D eigenvalue weighted by Gasteiger charge is 2.32. The molecule has 0 bridgehead atoms. The third-order valence-corrected chi connectivity index (χ3v) is 6.39. The third kappa shape index (κ3) is 5.96. The van der Waals surface area contributed by atoms with Crippen LogP contribution in [-0.2, 0) is 9.53 Å². The molecule has 1 unspecified atom stereocenters. The number of nitrogens with one attached hydrogen (secondary N) is 1. The molecule has 1 fully saturated rings. The largest absolute Gasteiger partial charge is 0.495 e. The number of anilines is 1. The number of halogens is 1. The predicted octanol–water partition coefficient (Wildman–Crippen LogP) is 6.48. The van der Waals surface area contributed by atoms with Gasteiger partial charge < -0.3 is 15.2 Å². The third-order valence-electron chi connectivity index (χ3n) is 6.39. The summed E-state index contributed by atoms with van der Waals surface area (Å²) in [5.74, 6) is -0.812. The Kier molecular flexibility index (Phi) is 7.34. The Morgan fingerprint density at radius 3 is 2.43 bits per heavy atom. The molecule has 6 nitrogen and oxygen atoms in total. The van der Waals surface area contributed by atoms with E-state index in [2.05, 4.69) is 10.3 Å². The van der Waals surface area contributed by atoms with Crippen LogP contribution in [-0.4, -0.2) is 28.1 Å². The van der Waals surface area contributed by atoms with Gasteiger partial charge >= 0.3 is 5.97 Å². The quantitative estimate of drug-likeness (QED) is 0.431. The summed E-state index contributed by atoms with van der Waals surface area (Å²) in [5, 5.41) is 12.0. The van der Waals surface area contributed by atoms with E-state index in [1.54, 1.807) is 31.3 Å². The van der Waals surface area contributed by atoms with Gasteiger partial charge in [0.1, 0.15) is 11.6 Å². The number of aromatic nitrogens is 1. The topological polar surface area (TPSA) is 88.5 Å². The zero-order chi connectivity index (χ0) is 25.1. The Bertz CT molecular complexity index is 1160. The highest BCUT2D eigenvalue weighted by molar-refractivity contribution is 5.96. The SMILES string of the molecule is CC1=C(F)C(c2ccc(C(CC3CC3)C(=O)Nc3ccc(C(=O)O)cc3)nc2)=C(OC(C)C)CC1. The van der Waals surface area contributed by atoms with Gasteiger partial charge in [0, 0.05) is 23.9 Å². The maximum absolute atomic E-state index is 15.1. The summed E-state index contributed by atoms with van der Waals surface area (Å²) in [4.78, 5) is 28.9. The Morgan fingerprint density at radius 1 is 1.14 bits per heavy atom. The van der Waals surface area contributed by atoms with Gasteiger partial charge in [0.25, 0.3) is 0 Å². The Labute approximate surface area is 204 Å². The van der Waals surface area contributed by atoms with Gasteiger partial charge in [0.2, 0.25) is 5.91 Å². The van der Waals surface area contributed by atoms with Gasteiger partial charge in [0.05, 0.1) is 28.9 Å².